The molecule has 0 radical (unpaired) electrons. The number of rotatable bonds is 12. The molecule has 1 aromatic carbocycles. The van der Waals surface area contributed by atoms with Crippen LogP contribution in [-0.2, 0) is 16.4 Å². The maximum Gasteiger partial charge on any atom is 0.251 e. The zero-order chi connectivity index (χ0) is 25.8. The van der Waals surface area contributed by atoms with Crippen molar-refractivity contribution in [1.82, 2.24) is 10.3 Å². The molecule has 1 aliphatic rings. The second-order valence-electron chi connectivity index (χ2n) is 9.60. The van der Waals surface area contributed by atoms with Gasteiger partial charge in [-0.15, -0.1) is 0 Å². The molecule has 10 heteroatoms. The Balaban J connectivity index is 1.88. The van der Waals surface area contributed by atoms with Crippen LogP contribution in [-0.4, -0.2) is 56.9 Å². The molecular formula is C25H36FN5O3S. The highest BCUT2D eigenvalue weighted by Crippen LogP contribution is 2.37. The van der Waals surface area contributed by atoms with Gasteiger partial charge >= 0.3 is 0 Å². The summed E-state index contributed by atoms with van der Waals surface area (Å²) in [5, 5.41) is 5.42. The Morgan fingerprint density at radius 2 is 1.91 bits per heavy atom. The largest absolute Gasteiger partial charge is 0.370 e. The monoisotopic (exact) mass is 505 g/mol. The maximum absolute atomic E-state index is 13.5. The number of amides is 1. The van der Waals surface area contributed by atoms with E-state index in [1.165, 1.54) is 13.1 Å². The molecular weight excluding hydrogens is 469 g/mol. The van der Waals surface area contributed by atoms with Gasteiger partial charge in [-0.1, -0.05) is 37.3 Å². The number of aromatic nitrogens is 1. The van der Waals surface area contributed by atoms with Gasteiger partial charge in [0.2, 0.25) is 10.0 Å². The minimum Gasteiger partial charge on any atom is -0.370 e. The van der Waals surface area contributed by atoms with Gasteiger partial charge in [0, 0.05) is 19.2 Å². The highest BCUT2D eigenvalue weighted by atomic mass is 32.2. The fourth-order valence-electron chi connectivity index (χ4n) is 3.80. The summed E-state index contributed by atoms with van der Waals surface area (Å²) in [5.74, 6) is 1.21. The Labute approximate surface area is 207 Å². The number of anilines is 2. The number of nitrogens with one attached hydrogen (secondary N) is 2. The van der Waals surface area contributed by atoms with Crippen molar-refractivity contribution >= 4 is 27.6 Å². The van der Waals surface area contributed by atoms with Gasteiger partial charge in [0.1, 0.15) is 18.3 Å². The van der Waals surface area contributed by atoms with Gasteiger partial charge in [-0.05, 0) is 56.2 Å². The lowest BCUT2D eigenvalue weighted by molar-refractivity contribution is 0.0928. The van der Waals surface area contributed by atoms with Crippen molar-refractivity contribution in [3.63, 3.8) is 0 Å². The predicted octanol–water partition coefficient (Wildman–Crippen LogP) is 2.96. The van der Waals surface area contributed by atoms with E-state index in [1.807, 2.05) is 30.3 Å². The van der Waals surface area contributed by atoms with E-state index in [1.54, 1.807) is 19.9 Å². The number of carbonyl (C=O) groups excluding carboxylic acids is 1. The van der Waals surface area contributed by atoms with Crippen molar-refractivity contribution in [3.8, 4) is 0 Å². The minimum atomic E-state index is -3.66. The van der Waals surface area contributed by atoms with E-state index >= 15 is 0 Å². The van der Waals surface area contributed by atoms with Crippen molar-refractivity contribution in [1.29, 1.82) is 0 Å². The molecule has 0 spiro atoms. The summed E-state index contributed by atoms with van der Waals surface area (Å²) in [6.45, 7) is 5.23. The van der Waals surface area contributed by atoms with Crippen LogP contribution in [0.5, 0.6) is 0 Å². The number of sulfonamides is 1. The van der Waals surface area contributed by atoms with Crippen LogP contribution in [0.3, 0.4) is 0 Å². The van der Waals surface area contributed by atoms with E-state index in [-0.39, 0.29) is 11.4 Å². The fraction of sp³-hybridized carbons (Fsp3) is 0.520. The lowest BCUT2D eigenvalue weighted by atomic mass is 10.00. The van der Waals surface area contributed by atoms with Crippen molar-refractivity contribution < 1.29 is 17.6 Å². The Morgan fingerprint density at radius 3 is 2.49 bits per heavy atom. The molecule has 4 N–H and O–H groups in total. The molecule has 1 heterocycles. The maximum atomic E-state index is 13.5. The topological polar surface area (TPSA) is 117 Å². The van der Waals surface area contributed by atoms with Gasteiger partial charge in [0.05, 0.1) is 17.3 Å². The summed E-state index contributed by atoms with van der Waals surface area (Å²) in [7, 11) is -2.24. The lowest BCUT2D eigenvalue weighted by Gasteiger charge is -2.25. The molecule has 0 unspecified atom stereocenters. The van der Waals surface area contributed by atoms with Gasteiger partial charge in [-0.25, -0.2) is 17.8 Å². The fourth-order valence-corrected chi connectivity index (χ4v) is 4.79. The van der Waals surface area contributed by atoms with E-state index < -0.39 is 39.9 Å². The zero-order valence-electron chi connectivity index (χ0n) is 20.7. The number of hydrogen-bond donors (Lipinski definition) is 3. The molecule has 3 rings (SSSR count). The molecule has 8 nitrogen and oxygen atoms in total. The summed E-state index contributed by atoms with van der Waals surface area (Å²) < 4.78 is 40.1. The number of benzene rings is 1. The third-order valence-corrected chi connectivity index (χ3v) is 8.65. The molecule has 1 amide bonds. The number of alkyl halides is 1. The van der Waals surface area contributed by atoms with Crippen molar-refractivity contribution in [2.75, 3.05) is 29.9 Å². The second-order valence-corrected chi connectivity index (χ2v) is 12.1. The highest BCUT2D eigenvalue weighted by molar-refractivity contribution is 7.93. The third-order valence-electron chi connectivity index (χ3n) is 6.51. The van der Waals surface area contributed by atoms with E-state index in [4.69, 9.17) is 5.73 Å². The summed E-state index contributed by atoms with van der Waals surface area (Å²) in [6.07, 6.45) is 1.48. The van der Waals surface area contributed by atoms with Crippen molar-refractivity contribution in [3.05, 3.63) is 53.6 Å². The van der Waals surface area contributed by atoms with Crippen LogP contribution >= 0.6 is 0 Å². The molecule has 0 aliphatic heterocycles. The van der Waals surface area contributed by atoms with Crippen LogP contribution < -0.4 is 20.7 Å². The van der Waals surface area contributed by atoms with Crippen LogP contribution in [0.15, 0.2) is 42.5 Å². The molecule has 1 aliphatic carbocycles. The zero-order valence-corrected chi connectivity index (χ0v) is 21.6. The van der Waals surface area contributed by atoms with Crippen LogP contribution in [0.25, 0.3) is 0 Å². The van der Waals surface area contributed by atoms with Gasteiger partial charge < -0.3 is 16.4 Å². The summed E-state index contributed by atoms with van der Waals surface area (Å²) in [5.41, 5.74) is 7.12. The Bertz CT molecular complexity index is 1110. The van der Waals surface area contributed by atoms with Gasteiger partial charge in [-0.2, -0.15) is 0 Å². The number of halogens is 1. The third kappa shape index (κ3) is 6.91. The van der Waals surface area contributed by atoms with Gasteiger partial charge in [-0.3, -0.25) is 9.10 Å². The first-order valence-electron chi connectivity index (χ1n) is 11.9. The molecule has 192 valence electrons. The summed E-state index contributed by atoms with van der Waals surface area (Å²) >= 11 is 0. The smallest absolute Gasteiger partial charge is 0.251 e. The molecule has 35 heavy (non-hydrogen) atoms. The standard InChI is InChI=1S/C25H36FN5O3S/c1-16(2)35(33,34)31(4)24-13-19(12-23(30-24)28-15-20-10-17(20)3)25(32)29-22(21(27)14-26)11-18-8-6-5-7-9-18/h5-9,12-13,16-17,20-22H,10-11,14-15,27H2,1-4H3,(H,28,30)(H,29,32)/t17-,20+,21+,22+/m0/s1. The summed E-state index contributed by atoms with van der Waals surface area (Å²) in [4.78, 5) is 17.7. The molecule has 0 bridgehead atoms. The summed E-state index contributed by atoms with van der Waals surface area (Å²) in [6, 6.07) is 10.9. The SMILES string of the molecule is CC(C)S(=O)(=O)N(C)c1cc(C(=O)N[C@H](Cc2ccccc2)[C@H](N)CF)cc(NC[C@H]2C[C@@H]2C)n1. The first-order valence-corrected chi connectivity index (χ1v) is 13.4. The number of hydrogen-bond acceptors (Lipinski definition) is 6. The van der Waals surface area contributed by atoms with E-state index in [0.29, 0.717) is 30.6 Å². The number of carbonyl (C=O) groups is 1. The normalized spacial score (nSPS) is 19.2. The van der Waals surface area contributed by atoms with Crippen LogP contribution in [0.2, 0.25) is 0 Å². The predicted molar refractivity (Wildman–Crippen MR) is 138 cm³/mol. The second kappa shape index (κ2) is 11.3. The Hall–Kier alpha value is -2.72. The molecule has 4 atom stereocenters. The van der Waals surface area contributed by atoms with Gasteiger partial charge in [0.15, 0.2) is 0 Å². The van der Waals surface area contributed by atoms with Crippen LogP contribution in [0, 0.1) is 11.8 Å². The number of nitrogens with two attached hydrogens (primary N) is 1. The van der Waals surface area contributed by atoms with E-state index in [9.17, 15) is 17.6 Å². The molecule has 0 saturated heterocycles. The lowest BCUT2D eigenvalue weighted by Crippen LogP contribution is -2.50. The average molecular weight is 506 g/mol. The molecule has 1 fully saturated rings. The van der Waals surface area contributed by atoms with Gasteiger partial charge in [0.25, 0.3) is 5.91 Å². The Morgan fingerprint density at radius 1 is 1.26 bits per heavy atom. The first kappa shape index (κ1) is 26.9. The van der Waals surface area contributed by atoms with Crippen molar-refractivity contribution in [2.24, 2.45) is 17.6 Å². The molecule has 1 aromatic heterocycles. The van der Waals surface area contributed by atoms with E-state index in [2.05, 4.69) is 22.5 Å². The molecule has 2 aromatic rings. The van der Waals surface area contributed by atoms with E-state index in [0.717, 1.165) is 16.3 Å². The quantitative estimate of drug-likeness (QED) is 0.408. The highest BCUT2D eigenvalue weighted by Gasteiger charge is 2.32. The van der Waals surface area contributed by atoms with Crippen LogP contribution in [0.4, 0.5) is 16.0 Å². The minimum absolute atomic E-state index is 0.132. The Kier molecular flexibility index (Phi) is 8.71. The number of pyridine rings is 1. The number of nitrogens with zero attached hydrogens (tertiary/aromatic N) is 2. The van der Waals surface area contributed by atoms with Crippen LogP contribution in [0.1, 0.15) is 43.1 Å². The first-order chi connectivity index (χ1) is 16.5. The molecule has 1 saturated carbocycles. The average Bonchev–Trinajstić information content (AvgIpc) is 3.56. The van der Waals surface area contributed by atoms with Crippen molar-refractivity contribution in [2.45, 2.75) is 50.9 Å².